The third kappa shape index (κ3) is 2.55. The van der Waals surface area contributed by atoms with Crippen molar-refractivity contribution in [3.63, 3.8) is 0 Å². The second-order valence-corrected chi connectivity index (χ2v) is 6.27. The fraction of sp³-hybridized carbons (Fsp3) is 0.412. The zero-order chi connectivity index (χ0) is 16.6. The first-order chi connectivity index (χ1) is 11.7. The molecular formula is C17H18N4O3. The summed E-state index contributed by atoms with van der Waals surface area (Å²) in [6, 6.07) is 9.77. The first-order valence-corrected chi connectivity index (χ1v) is 8.07. The molecule has 124 valence electrons. The molecule has 2 aromatic rings. The molecule has 1 fully saturated rings. The normalized spacial score (nSPS) is 21.5. The van der Waals surface area contributed by atoms with Crippen LogP contribution in [0.3, 0.4) is 0 Å². The van der Waals surface area contributed by atoms with Crippen LogP contribution in [0, 0.1) is 6.92 Å². The van der Waals surface area contributed by atoms with Crippen LogP contribution in [0.1, 0.15) is 49.1 Å². The van der Waals surface area contributed by atoms with Gasteiger partial charge in [-0.1, -0.05) is 40.6 Å². The number of carbonyl (C=O) groups excluding carboxylic acids is 1. The molecule has 2 heterocycles. The Kier molecular flexibility index (Phi) is 3.55. The van der Waals surface area contributed by atoms with Gasteiger partial charge in [0.05, 0.1) is 0 Å². The molecule has 1 aliphatic heterocycles. The molecule has 1 aromatic carbocycles. The third-order valence-corrected chi connectivity index (χ3v) is 4.62. The van der Waals surface area contributed by atoms with Crippen molar-refractivity contribution in [1.82, 2.24) is 15.5 Å². The number of benzene rings is 1. The van der Waals surface area contributed by atoms with Crippen molar-refractivity contribution < 1.29 is 14.2 Å². The number of hydrogen-bond donors (Lipinski definition) is 1. The van der Waals surface area contributed by atoms with Crippen LogP contribution in [0.15, 0.2) is 40.0 Å². The number of rotatable bonds is 4. The van der Waals surface area contributed by atoms with E-state index in [0.717, 1.165) is 24.8 Å². The number of aryl methyl sites for hydroxylation is 1. The first-order valence-electron chi connectivity index (χ1n) is 8.07. The number of oxime groups is 1. The molecule has 4 rings (SSSR count). The van der Waals surface area contributed by atoms with Gasteiger partial charge in [0, 0.05) is 13.3 Å². The number of hydrogen-bond acceptors (Lipinski definition) is 6. The van der Waals surface area contributed by atoms with Crippen LogP contribution in [0.5, 0.6) is 0 Å². The average Bonchev–Trinajstić information content (AvgIpc) is 3.21. The van der Waals surface area contributed by atoms with E-state index < -0.39 is 5.54 Å². The highest BCUT2D eigenvalue weighted by molar-refractivity contribution is 6.39. The summed E-state index contributed by atoms with van der Waals surface area (Å²) in [5, 5.41) is 11.0. The number of nitrogens with one attached hydrogen (secondary N) is 1. The van der Waals surface area contributed by atoms with E-state index in [1.165, 1.54) is 0 Å². The molecular weight excluding hydrogens is 308 g/mol. The van der Waals surface area contributed by atoms with Crippen molar-refractivity contribution in [2.45, 2.75) is 44.2 Å². The Labute approximate surface area is 139 Å². The van der Waals surface area contributed by atoms with Crippen molar-refractivity contribution in [2.24, 2.45) is 5.16 Å². The Morgan fingerprint density at radius 3 is 2.71 bits per heavy atom. The molecule has 1 unspecified atom stereocenters. The largest absolute Gasteiger partial charge is 0.387 e. The number of nitrogens with zero attached hydrogens (tertiary/aromatic N) is 3. The van der Waals surface area contributed by atoms with Crippen molar-refractivity contribution >= 4 is 11.6 Å². The van der Waals surface area contributed by atoms with E-state index in [0.29, 0.717) is 23.8 Å². The van der Waals surface area contributed by atoms with Crippen molar-refractivity contribution in [2.75, 3.05) is 0 Å². The van der Waals surface area contributed by atoms with Crippen LogP contribution < -0.4 is 5.32 Å². The maximum atomic E-state index is 12.6. The summed E-state index contributed by atoms with van der Waals surface area (Å²) in [5.74, 6) is 0.811. The van der Waals surface area contributed by atoms with Gasteiger partial charge in [-0.2, -0.15) is 4.98 Å². The summed E-state index contributed by atoms with van der Waals surface area (Å²) in [5.41, 5.74) is 0.869. The molecule has 1 aliphatic carbocycles. The zero-order valence-electron chi connectivity index (χ0n) is 13.4. The SMILES string of the molecule is Cc1nc(C2(NC(=O)C3=NOC(c4ccccc4)C3)CCC2)no1. The van der Waals surface area contributed by atoms with Crippen LogP contribution >= 0.6 is 0 Å². The average molecular weight is 326 g/mol. The standard InChI is InChI=1S/C17H18N4O3/c1-11-18-16(21-23-11)17(8-5-9-17)19-15(22)13-10-14(24-20-13)12-6-3-2-4-7-12/h2-4,6-7,14H,5,8-10H2,1H3,(H,19,22). The van der Waals surface area contributed by atoms with E-state index >= 15 is 0 Å². The number of amides is 1. The molecule has 0 bridgehead atoms. The third-order valence-electron chi connectivity index (χ3n) is 4.62. The Bertz CT molecular complexity index is 780. The van der Waals surface area contributed by atoms with Gasteiger partial charge in [0.25, 0.3) is 5.91 Å². The van der Waals surface area contributed by atoms with E-state index in [-0.39, 0.29) is 12.0 Å². The molecule has 1 atom stereocenters. The van der Waals surface area contributed by atoms with Gasteiger partial charge in [-0.3, -0.25) is 4.79 Å². The van der Waals surface area contributed by atoms with E-state index in [9.17, 15) is 4.79 Å². The Hall–Kier alpha value is -2.70. The molecule has 1 saturated carbocycles. The lowest BCUT2D eigenvalue weighted by atomic mass is 9.76. The summed E-state index contributed by atoms with van der Waals surface area (Å²) in [4.78, 5) is 22.3. The van der Waals surface area contributed by atoms with Gasteiger partial charge in [-0.05, 0) is 24.8 Å². The Morgan fingerprint density at radius 1 is 1.29 bits per heavy atom. The molecule has 2 aliphatic rings. The molecule has 1 N–H and O–H groups in total. The zero-order valence-corrected chi connectivity index (χ0v) is 13.4. The minimum Gasteiger partial charge on any atom is -0.387 e. The van der Waals surface area contributed by atoms with Gasteiger partial charge < -0.3 is 14.7 Å². The van der Waals surface area contributed by atoms with Gasteiger partial charge >= 0.3 is 0 Å². The van der Waals surface area contributed by atoms with Gasteiger partial charge in [0.1, 0.15) is 11.3 Å². The Morgan fingerprint density at radius 2 is 2.08 bits per heavy atom. The summed E-state index contributed by atoms with van der Waals surface area (Å²) < 4.78 is 5.06. The minimum absolute atomic E-state index is 0.211. The van der Waals surface area contributed by atoms with Crippen molar-refractivity contribution in [3.05, 3.63) is 47.6 Å². The smallest absolute Gasteiger partial charge is 0.270 e. The van der Waals surface area contributed by atoms with Crippen LogP contribution in [-0.2, 0) is 15.2 Å². The molecule has 1 aromatic heterocycles. The first kappa shape index (κ1) is 14.9. The van der Waals surface area contributed by atoms with Gasteiger partial charge in [-0.15, -0.1) is 0 Å². The molecule has 0 radical (unpaired) electrons. The maximum absolute atomic E-state index is 12.6. The van der Waals surface area contributed by atoms with Crippen LogP contribution in [-0.4, -0.2) is 21.8 Å². The van der Waals surface area contributed by atoms with Gasteiger partial charge in [-0.25, -0.2) is 0 Å². The second-order valence-electron chi connectivity index (χ2n) is 6.27. The topological polar surface area (TPSA) is 89.6 Å². The molecule has 1 amide bonds. The van der Waals surface area contributed by atoms with E-state index in [2.05, 4.69) is 20.6 Å². The van der Waals surface area contributed by atoms with Crippen LogP contribution in [0.2, 0.25) is 0 Å². The lowest BCUT2D eigenvalue weighted by Gasteiger charge is -2.39. The lowest BCUT2D eigenvalue weighted by molar-refractivity contribution is -0.118. The lowest BCUT2D eigenvalue weighted by Crippen LogP contribution is -2.53. The highest BCUT2D eigenvalue weighted by Crippen LogP contribution is 2.40. The highest BCUT2D eigenvalue weighted by Gasteiger charge is 2.45. The fourth-order valence-electron chi connectivity index (χ4n) is 3.08. The van der Waals surface area contributed by atoms with E-state index in [1.807, 2.05) is 30.3 Å². The molecule has 7 nitrogen and oxygen atoms in total. The summed E-state index contributed by atoms with van der Waals surface area (Å²) in [7, 11) is 0. The molecule has 7 heteroatoms. The summed E-state index contributed by atoms with van der Waals surface area (Å²) in [6.07, 6.45) is 2.86. The molecule has 0 saturated heterocycles. The maximum Gasteiger partial charge on any atom is 0.270 e. The highest BCUT2D eigenvalue weighted by atomic mass is 16.6. The molecule has 0 spiro atoms. The molecule has 24 heavy (non-hydrogen) atoms. The van der Waals surface area contributed by atoms with E-state index in [1.54, 1.807) is 6.92 Å². The number of aromatic nitrogens is 2. The van der Waals surface area contributed by atoms with Crippen molar-refractivity contribution in [3.8, 4) is 0 Å². The minimum atomic E-state index is -0.539. The quantitative estimate of drug-likeness (QED) is 0.932. The monoisotopic (exact) mass is 326 g/mol. The van der Waals surface area contributed by atoms with Gasteiger partial charge in [0.15, 0.2) is 11.9 Å². The summed E-state index contributed by atoms with van der Waals surface area (Å²) in [6.45, 7) is 1.74. The van der Waals surface area contributed by atoms with Gasteiger partial charge in [0.2, 0.25) is 5.89 Å². The summed E-state index contributed by atoms with van der Waals surface area (Å²) >= 11 is 0. The van der Waals surface area contributed by atoms with Crippen LogP contribution in [0.25, 0.3) is 0 Å². The van der Waals surface area contributed by atoms with Crippen LogP contribution in [0.4, 0.5) is 0 Å². The fourth-order valence-corrected chi connectivity index (χ4v) is 3.08. The number of carbonyl (C=O) groups is 1. The Balaban J connectivity index is 1.45. The predicted octanol–water partition coefficient (Wildman–Crippen LogP) is 2.39. The van der Waals surface area contributed by atoms with E-state index in [4.69, 9.17) is 9.36 Å². The van der Waals surface area contributed by atoms with Crippen molar-refractivity contribution in [1.29, 1.82) is 0 Å². The second kappa shape index (κ2) is 5.74. The predicted molar refractivity (Wildman–Crippen MR) is 85.0 cm³/mol.